The van der Waals surface area contributed by atoms with Gasteiger partial charge in [-0.2, -0.15) is 5.10 Å². The number of carbonyl (C=O) groups is 2. The molecule has 1 aromatic rings. The molecule has 0 radical (unpaired) electrons. The van der Waals surface area contributed by atoms with E-state index in [2.05, 4.69) is 15.8 Å². The maximum atomic E-state index is 11.7. The zero-order valence-corrected chi connectivity index (χ0v) is 11.4. The van der Waals surface area contributed by atoms with E-state index >= 15 is 0 Å². The van der Waals surface area contributed by atoms with Gasteiger partial charge in [0.2, 0.25) is 0 Å². The number of carbonyl (C=O) groups excluding carboxylic acids is 2. The molecule has 20 heavy (non-hydrogen) atoms. The number of urea groups is 1. The molecule has 7 heteroatoms. The average molecular weight is 278 g/mol. The third-order valence-corrected chi connectivity index (χ3v) is 2.55. The van der Waals surface area contributed by atoms with E-state index in [1.807, 2.05) is 30.3 Å². The van der Waals surface area contributed by atoms with Crippen molar-refractivity contribution in [3.63, 3.8) is 0 Å². The minimum absolute atomic E-state index is 0.353. The van der Waals surface area contributed by atoms with Crippen molar-refractivity contribution in [1.82, 2.24) is 10.7 Å². The van der Waals surface area contributed by atoms with E-state index in [1.54, 1.807) is 6.92 Å². The molecule has 1 aromatic carbocycles. The highest BCUT2D eigenvalue weighted by molar-refractivity contribution is 6.05. The van der Waals surface area contributed by atoms with Crippen molar-refractivity contribution in [3.8, 4) is 0 Å². The largest absolute Gasteiger partial charge is 0.468 e. The molecule has 1 rings (SSSR count). The van der Waals surface area contributed by atoms with Crippen LogP contribution in [-0.4, -0.2) is 30.9 Å². The highest BCUT2D eigenvalue weighted by Gasteiger charge is 2.22. The van der Waals surface area contributed by atoms with Crippen molar-refractivity contribution in [3.05, 3.63) is 35.9 Å². The number of hydrazone groups is 1. The van der Waals surface area contributed by atoms with Crippen molar-refractivity contribution in [1.29, 1.82) is 0 Å². The van der Waals surface area contributed by atoms with Crippen LogP contribution in [0.2, 0.25) is 0 Å². The lowest BCUT2D eigenvalue weighted by Crippen LogP contribution is -2.44. The van der Waals surface area contributed by atoms with Gasteiger partial charge in [0.05, 0.1) is 12.8 Å². The van der Waals surface area contributed by atoms with E-state index in [4.69, 9.17) is 10.5 Å². The number of rotatable bonds is 6. The van der Waals surface area contributed by atoms with Crippen LogP contribution in [0.25, 0.3) is 0 Å². The summed E-state index contributed by atoms with van der Waals surface area (Å²) in [4.78, 5) is 22.3. The first kappa shape index (κ1) is 15.6. The van der Waals surface area contributed by atoms with E-state index < -0.39 is 18.0 Å². The smallest absolute Gasteiger partial charge is 0.332 e. The van der Waals surface area contributed by atoms with Crippen LogP contribution in [0.1, 0.15) is 12.5 Å². The summed E-state index contributed by atoms with van der Waals surface area (Å²) in [6, 6.07) is 8.01. The van der Waals surface area contributed by atoms with Gasteiger partial charge < -0.3 is 10.5 Å². The molecule has 4 N–H and O–H groups in total. The molecule has 0 spiro atoms. The maximum Gasteiger partial charge on any atom is 0.332 e. The molecular formula is C13H18N4O3. The van der Waals surface area contributed by atoms with Crippen LogP contribution in [0, 0.1) is 0 Å². The van der Waals surface area contributed by atoms with Gasteiger partial charge in [-0.05, 0) is 12.5 Å². The number of amides is 2. The highest BCUT2D eigenvalue weighted by Crippen LogP contribution is 2.00. The van der Waals surface area contributed by atoms with Gasteiger partial charge in [-0.15, -0.1) is 0 Å². The second kappa shape index (κ2) is 7.90. The molecule has 0 aromatic heterocycles. The zero-order valence-electron chi connectivity index (χ0n) is 11.4. The molecule has 0 bridgehead atoms. The number of esters is 1. The first-order valence-corrected chi connectivity index (χ1v) is 5.99. The fraction of sp³-hybridized carbons (Fsp3) is 0.308. The van der Waals surface area contributed by atoms with Crippen LogP contribution < -0.4 is 16.5 Å². The molecule has 0 aliphatic carbocycles. The SMILES string of the molecule is COC(=O)C(NCc1ccccc1)/C(C)=N/NC(N)=O. The molecule has 1 unspecified atom stereocenters. The first-order chi connectivity index (χ1) is 9.54. The predicted molar refractivity (Wildman–Crippen MR) is 74.9 cm³/mol. The molecule has 1 atom stereocenters. The van der Waals surface area contributed by atoms with Gasteiger partial charge in [0.1, 0.15) is 6.04 Å². The van der Waals surface area contributed by atoms with Gasteiger partial charge in [0.15, 0.2) is 0 Å². The predicted octanol–water partition coefficient (Wildman–Crippen LogP) is 0.362. The van der Waals surface area contributed by atoms with Gasteiger partial charge in [-0.1, -0.05) is 30.3 Å². The molecule has 0 heterocycles. The average Bonchev–Trinajstić information content (AvgIpc) is 2.46. The van der Waals surface area contributed by atoms with Crippen molar-refractivity contribution in [2.45, 2.75) is 19.5 Å². The number of ether oxygens (including phenoxy) is 1. The Hall–Kier alpha value is -2.41. The van der Waals surface area contributed by atoms with Crippen LogP contribution in [-0.2, 0) is 16.1 Å². The van der Waals surface area contributed by atoms with Gasteiger partial charge in [0.25, 0.3) is 0 Å². The van der Waals surface area contributed by atoms with Crippen LogP contribution in [0.3, 0.4) is 0 Å². The Labute approximate surface area is 117 Å². The molecule has 7 nitrogen and oxygen atoms in total. The number of hydrogen-bond acceptors (Lipinski definition) is 5. The Balaban J connectivity index is 2.72. The Morgan fingerprint density at radius 2 is 2.00 bits per heavy atom. The number of nitrogens with zero attached hydrogens (tertiary/aromatic N) is 1. The summed E-state index contributed by atoms with van der Waals surface area (Å²) in [6.45, 7) is 2.06. The summed E-state index contributed by atoms with van der Waals surface area (Å²) in [5, 5.41) is 6.75. The van der Waals surface area contributed by atoms with Crippen molar-refractivity contribution < 1.29 is 14.3 Å². The first-order valence-electron chi connectivity index (χ1n) is 5.99. The number of nitrogens with one attached hydrogen (secondary N) is 2. The summed E-state index contributed by atoms with van der Waals surface area (Å²) in [5.74, 6) is -0.492. The molecule has 0 saturated carbocycles. The molecule has 0 fully saturated rings. The lowest BCUT2D eigenvalue weighted by atomic mass is 10.1. The fourth-order valence-electron chi connectivity index (χ4n) is 1.54. The lowest BCUT2D eigenvalue weighted by molar-refractivity contribution is -0.141. The lowest BCUT2D eigenvalue weighted by Gasteiger charge is -2.16. The van der Waals surface area contributed by atoms with E-state index in [0.717, 1.165) is 5.56 Å². The van der Waals surface area contributed by atoms with Crippen molar-refractivity contribution in [2.75, 3.05) is 7.11 Å². The second-order valence-corrected chi connectivity index (χ2v) is 4.05. The zero-order chi connectivity index (χ0) is 15.0. The Morgan fingerprint density at radius 3 is 2.55 bits per heavy atom. The van der Waals surface area contributed by atoms with Crippen LogP contribution >= 0.6 is 0 Å². The second-order valence-electron chi connectivity index (χ2n) is 4.05. The Morgan fingerprint density at radius 1 is 1.35 bits per heavy atom. The van der Waals surface area contributed by atoms with Gasteiger partial charge in [-0.3, -0.25) is 5.32 Å². The third-order valence-electron chi connectivity index (χ3n) is 2.55. The third kappa shape index (κ3) is 5.07. The number of methoxy groups -OCH3 is 1. The van der Waals surface area contributed by atoms with Crippen molar-refractivity contribution in [2.24, 2.45) is 10.8 Å². The van der Waals surface area contributed by atoms with Gasteiger partial charge in [0, 0.05) is 6.54 Å². The van der Waals surface area contributed by atoms with E-state index in [1.165, 1.54) is 7.11 Å². The van der Waals surface area contributed by atoms with E-state index in [9.17, 15) is 9.59 Å². The number of benzene rings is 1. The number of nitrogens with two attached hydrogens (primary N) is 1. The van der Waals surface area contributed by atoms with Crippen molar-refractivity contribution >= 4 is 17.7 Å². The minimum Gasteiger partial charge on any atom is -0.468 e. The fourth-order valence-corrected chi connectivity index (χ4v) is 1.54. The monoisotopic (exact) mass is 278 g/mol. The summed E-state index contributed by atoms with van der Waals surface area (Å²) >= 11 is 0. The number of primary amides is 1. The normalized spacial score (nSPS) is 12.6. The molecule has 0 saturated heterocycles. The summed E-state index contributed by atoms with van der Waals surface area (Å²) in [5.41, 5.74) is 8.37. The van der Waals surface area contributed by atoms with Gasteiger partial charge in [-0.25, -0.2) is 15.0 Å². The van der Waals surface area contributed by atoms with E-state index in [-0.39, 0.29) is 0 Å². The Kier molecular flexibility index (Phi) is 6.18. The molecule has 2 amide bonds. The minimum atomic E-state index is -0.795. The topological polar surface area (TPSA) is 106 Å². The summed E-state index contributed by atoms with van der Waals surface area (Å²) in [6.07, 6.45) is 0. The van der Waals surface area contributed by atoms with Crippen LogP contribution in [0.15, 0.2) is 35.4 Å². The van der Waals surface area contributed by atoms with Gasteiger partial charge >= 0.3 is 12.0 Å². The number of hydrogen-bond donors (Lipinski definition) is 3. The molecule has 0 aliphatic rings. The Bertz CT molecular complexity index is 488. The molecule has 0 aliphatic heterocycles. The highest BCUT2D eigenvalue weighted by atomic mass is 16.5. The summed E-state index contributed by atoms with van der Waals surface area (Å²) < 4.78 is 4.70. The standard InChI is InChI=1S/C13H18N4O3/c1-9(16-17-13(14)19)11(12(18)20-2)15-8-10-6-4-3-5-7-10/h3-7,11,15H,8H2,1-2H3,(H3,14,17,19)/b16-9+. The maximum absolute atomic E-state index is 11.7. The van der Waals surface area contributed by atoms with E-state index in [0.29, 0.717) is 12.3 Å². The molecule has 108 valence electrons. The molecular weight excluding hydrogens is 260 g/mol. The van der Waals surface area contributed by atoms with Crippen LogP contribution in [0.5, 0.6) is 0 Å². The quantitative estimate of drug-likeness (QED) is 0.397. The van der Waals surface area contributed by atoms with Crippen LogP contribution in [0.4, 0.5) is 4.79 Å². The summed E-state index contributed by atoms with van der Waals surface area (Å²) in [7, 11) is 1.29.